The second-order valence-corrected chi connectivity index (χ2v) is 10.5. The van der Waals surface area contributed by atoms with E-state index in [-0.39, 0.29) is 30.2 Å². The van der Waals surface area contributed by atoms with Gasteiger partial charge in [-0.3, -0.25) is 4.68 Å². The van der Waals surface area contributed by atoms with Crippen molar-refractivity contribution in [3.63, 3.8) is 0 Å². The van der Waals surface area contributed by atoms with E-state index >= 15 is 4.39 Å². The Morgan fingerprint density at radius 3 is 2.51 bits per heavy atom. The zero-order valence-corrected chi connectivity index (χ0v) is 21.0. The van der Waals surface area contributed by atoms with Crippen molar-refractivity contribution in [1.82, 2.24) is 19.8 Å². The molecule has 0 radical (unpaired) electrons. The molecule has 8 nitrogen and oxygen atoms in total. The average molecular weight is 560 g/mol. The van der Waals surface area contributed by atoms with Crippen LogP contribution >= 0.6 is 34.8 Å². The van der Waals surface area contributed by atoms with Crippen LogP contribution in [0, 0.1) is 0 Å². The standard InChI is InChI=1S/C22H18Cl3FN4O4S/c23-15-3-5-17(6-4-15)35(32,33)29-22(31)27-9-20(26)18-12-34-11-14-8-28-30(21(14)18)10-13-1-2-16(24)7-19(13)25/h1-8H,9-12H2,(H2,27,29,31)/b20-18-. The van der Waals surface area contributed by atoms with Gasteiger partial charge in [-0.1, -0.05) is 40.9 Å². The number of fused-ring (bicyclic) bond motifs is 1. The van der Waals surface area contributed by atoms with Gasteiger partial charge in [0.1, 0.15) is 5.83 Å². The first kappa shape index (κ1) is 25.5. The number of ether oxygens (including phenoxy) is 1. The number of hydrogen-bond donors (Lipinski definition) is 2. The molecule has 0 spiro atoms. The smallest absolute Gasteiger partial charge is 0.329 e. The van der Waals surface area contributed by atoms with Crippen LogP contribution in [0.25, 0.3) is 5.57 Å². The molecule has 2 N–H and O–H groups in total. The van der Waals surface area contributed by atoms with Crippen LogP contribution in [0.1, 0.15) is 16.8 Å². The molecule has 0 fully saturated rings. The Morgan fingerprint density at radius 2 is 1.80 bits per heavy atom. The molecular formula is C22H18Cl3FN4O4S. The number of carbonyl (C=O) groups excluding carboxylic acids is 1. The van der Waals surface area contributed by atoms with Crippen LogP contribution in [0.15, 0.2) is 59.4 Å². The number of aromatic nitrogens is 2. The molecule has 2 aromatic carbocycles. The van der Waals surface area contributed by atoms with Crippen LogP contribution in [-0.2, 0) is 27.9 Å². The Kier molecular flexibility index (Phi) is 7.67. The molecule has 2 amide bonds. The number of rotatable bonds is 6. The quantitative estimate of drug-likeness (QED) is 0.452. The highest BCUT2D eigenvalue weighted by atomic mass is 35.5. The highest BCUT2D eigenvalue weighted by molar-refractivity contribution is 7.90. The third-order valence-electron chi connectivity index (χ3n) is 5.12. The summed E-state index contributed by atoms with van der Waals surface area (Å²) in [7, 11) is -4.16. The van der Waals surface area contributed by atoms with Gasteiger partial charge < -0.3 is 10.1 Å². The lowest BCUT2D eigenvalue weighted by molar-refractivity contribution is 0.144. The minimum absolute atomic E-state index is 0.0503. The molecule has 4 rings (SSSR count). The summed E-state index contributed by atoms with van der Waals surface area (Å²) in [6.07, 6.45) is 1.57. The van der Waals surface area contributed by atoms with E-state index in [2.05, 4.69) is 10.4 Å². The topological polar surface area (TPSA) is 102 Å². The lowest BCUT2D eigenvalue weighted by Gasteiger charge is -2.20. The molecule has 0 atom stereocenters. The number of hydrogen-bond acceptors (Lipinski definition) is 5. The van der Waals surface area contributed by atoms with Gasteiger partial charge in [0, 0.05) is 26.2 Å². The lowest BCUT2D eigenvalue weighted by atomic mass is 10.1. The Bertz CT molecular complexity index is 1410. The third kappa shape index (κ3) is 5.96. The fourth-order valence-electron chi connectivity index (χ4n) is 3.44. The van der Waals surface area contributed by atoms with Crippen molar-refractivity contribution in [2.24, 2.45) is 0 Å². The minimum Gasteiger partial charge on any atom is -0.372 e. The summed E-state index contributed by atoms with van der Waals surface area (Å²) in [6, 6.07) is 9.21. The SMILES string of the molecule is O=C(NC/C(F)=C1\COCc2cnn(Cc3ccc(Cl)cc3Cl)c21)NS(=O)(=O)c1ccc(Cl)cc1. The molecule has 0 aliphatic carbocycles. The first-order valence-corrected chi connectivity index (χ1v) is 12.8. The number of urea groups is 1. The second-order valence-electron chi connectivity index (χ2n) is 7.53. The van der Waals surface area contributed by atoms with Gasteiger partial charge in [0.25, 0.3) is 10.0 Å². The summed E-state index contributed by atoms with van der Waals surface area (Å²) >= 11 is 18.0. The van der Waals surface area contributed by atoms with Crippen molar-refractivity contribution in [1.29, 1.82) is 0 Å². The lowest BCUT2D eigenvalue weighted by Crippen LogP contribution is -2.40. The number of benzene rings is 2. The van der Waals surface area contributed by atoms with E-state index in [1.165, 1.54) is 24.3 Å². The Hall–Kier alpha value is -2.63. The maximum Gasteiger partial charge on any atom is 0.329 e. The predicted octanol–water partition coefficient (Wildman–Crippen LogP) is 4.79. The summed E-state index contributed by atoms with van der Waals surface area (Å²) < 4.78 is 48.7. The number of nitrogens with zero attached hydrogens (tertiary/aromatic N) is 2. The normalized spacial score (nSPS) is 14.9. The van der Waals surface area contributed by atoms with Gasteiger partial charge in [-0.15, -0.1) is 0 Å². The van der Waals surface area contributed by atoms with Crippen molar-refractivity contribution in [3.05, 3.63) is 86.4 Å². The summed E-state index contributed by atoms with van der Waals surface area (Å²) in [5.41, 5.74) is 2.10. The number of carbonyl (C=O) groups is 1. The van der Waals surface area contributed by atoms with Gasteiger partial charge in [-0.25, -0.2) is 22.3 Å². The molecular weight excluding hydrogens is 542 g/mol. The van der Waals surface area contributed by atoms with E-state index in [0.717, 1.165) is 5.56 Å². The summed E-state index contributed by atoms with van der Waals surface area (Å²) in [4.78, 5) is 12.0. The van der Waals surface area contributed by atoms with Gasteiger partial charge in [0.15, 0.2) is 0 Å². The van der Waals surface area contributed by atoms with E-state index in [4.69, 9.17) is 39.5 Å². The molecule has 1 aliphatic heterocycles. The van der Waals surface area contributed by atoms with E-state index in [0.29, 0.717) is 26.3 Å². The molecule has 35 heavy (non-hydrogen) atoms. The summed E-state index contributed by atoms with van der Waals surface area (Å²) in [6.45, 7) is -0.110. The highest BCUT2D eigenvalue weighted by Gasteiger charge is 2.25. The van der Waals surface area contributed by atoms with Crippen molar-refractivity contribution < 1.29 is 22.3 Å². The van der Waals surface area contributed by atoms with Crippen LogP contribution in [0.4, 0.5) is 9.18 Å². The summed E-state index contributed by atoms with van der Waals surface area (Å²) in [5, 5.41) is 7.82. The molecule has 13 heteroatoms. The molecule has 1 aromatic heterocycles. The molecule has 0 unspecified atom stereocenters. The van der Waals surface area contributed by atoms with E-state index in [1.54, 1.807) is 29.1 Å². The first-order chi connectivity index (χ1) is 16.6. The molecule has 0 saturated heterocycles. The minimum atomic E-state index is -4.16. The molecule has 2 heterocycles. The van der Waals surface area contributed by atoms with Crippen LogP contribution in [0.3, 0.4) is 0 Å². The highest BCUT2D eigenvalue weighted by Crippen LogP contribution is 2.30. The zero-order valence-electron chi connectivity index (χ0n) is 17.9. The van der Waals surface area contributed by atoms with Gasteiger partial charge >= 0.3 is 6.03 Å². The van der Waals surface area contributed by atoms with Gasteiger partial charge in [-0.2, -0.15) is 5.10 Å². The maximum atomic E-state index is 15.2. The monoisotopic (exact) mass is 558 g/mol. The first-order valence-electron chi connectivity index (χ1n) is 10.1. The second kappa shape index (κ2) is 10.5. The maximum absolute atomic E-state index is 15.2. The average Bonchev–Trinajstić information content (AvgIpc) is 3.22. The molecule has 184 valence electrons. The molecule has 3 aromatic rings. The third-order valence-corrected chi connectivity index (χ3v) is 7.31. The van der Waals surface area contributed by atoms with Crippen molar-refractivity contribution in [3.8, 4) is 0 Å². The van der Waals surface area contributed by atoms with Crippen LogP contribution in [-0.4, -0.2) is 37.4 Å². The Balaban J connectivity index is 1.49. The van der Waals surface area contributed by atoms with Crippen LogP contribution in [0.2, 0.25) is 15.1 Å². The van der Waals surface area contributed by atoms with E-state index < -0.39 is 28.4 Å². The Morgan fingerprint density at radius 1 is 1.09 bits per heavy atom. The number of sulfonamides is 1. The van der Waals surface area contributed by atoms with E-state index in [9.17, 15) is 13.2 Å². The number of nitrogens with one attached hydrogen (secondary N) is 2. The van der Waals surface area contributed by atoms with Crippen molar-refractivity contribution in [2.75, 3.05) is 13.2 Å². The molecule has 1 aliphatic rings. The predicted molar refractivity (Wildman–Crippen MR) is 131 cm³/mol. The number of halogens is 4. The zero-order chi connectivity index (χ0) is 25.2. The van der Waals surface area contributed by atoms with Gasteiger partial charge in [0.05, 0.1) is 43.1 Å². The molecule has 0 bridgehead atoms. The van der Waals surface area contributed by atoms with Gasteiger partial charge in [-0.05, 0) is 42.0 Å². The largest absolute Gasteiger partial charge is 0.372 e. The fourth-order valence-corrected chi connectivity index (χ4v) is 4.97. The summed E-state index contributed by atoms with van der Waals surface area (Å²) in [5.74, 6) is -0.700. The van der Waals surface area contributed by atoms with Crippen LogP contribution in [0.5, 0.6) is 0 Å². The van der Waals surface area contributed by atoms with Crippen molar-refractivity contribution >= 4 is 56.4 Å². The number of amides is 2. The Labute approximate surface area is 215 Å². The van der Waals surface area contributed by atoms with E-state index in [1.807, 2.05) is 4.72 Å². The van der Waals surface area contributed by atoms with Gasteiger partial charge in [0.2, 0.25) is 0 Å². The molecule has 0 saturated carbocycles. The van der Waals surface area contributed by atoms with Crippen LogP contribution < -0.4 is 10.0 Å². The fraction of sp³-hybridized carbons (Fsp3) is 0.182. The van der Waals surface area contributed by atoms with Crippen molar-refractivity contribution in [2.45, 2.75) is 18.0 Å².